The predicted octanol–water partition coefficient (Wildman–Crippen LogP) is 3.92. The molecule has 2 aromatic rings. The molecule has 0 aromatic heterocycles. The van der Waals surface area contributed by atoms with E-state index in [1.807, 2.05) is 12.1 Å². The molecule has 2 N–H and O–H groups in total. The zero-order chi connectivity index (χ0) is 22.0. The molecule has 0 spiro atoms. The van der Waals surface area contributed by atoms with Crippen LogP contribution in [0.2, 0.25) is 0 Å². The molecule has 0 saturated carbocycles. The number of hydrogen-bond donors (Lipinski definition) is 2. The summed E-state index contributed by atoms with van der Waals surface area (Å²) in [4.78, 5) is 4.14. The Balaban J connectivity index is 1.80. The fourth-order valence-electron chi connectivity index (χ4n) is 2.63. The van der Waals surface area contributed by atoms with Crippen LogP contribution in [0.4, 0.5) is 17.6 Å². The largest absolute Gasteiger partial charge is 0.411 e. The van der Waals surface area contributed by atoms with Crippen molar-refractivity contribution >= 4 is 5.96 Å². The van der Waals surface area contributed by atoms with Crippen LogP contribution in [0.3, 0.4) is 0 Å². The quantitative estimate of drug-likeness (QED) is 0.362. The second-order valence-electron chi connectivity index (χ2n) is 6.56. The number of methoxy groups -OCH3 is 1. The number of ether oxygens (including phenoxy) is 2. The van der Waals surface area contributed by atoms with Gasteiger partial charge in [-0.05, 0) is 28.8 Å². The van der Waals surface area contributed by atoms with Gasteiger partial charge in [0, 0.05) is 32.8 Å². The molecule has 2 rings (SSSR count). The minimum absolute atomic E-state index is 0.0980. The van der Waals surface area contributed by atoms with Crippen LogP contribution < -0.4 is 10.6 Å². The Hall–Kier alpha value is -2.65. The Morgan fingerprint density at radius 2 is 1.53 bits per heavy atom. The summed E-state index contributed by atoms with van der Waals surface area (Å²) in [5.74, 6) is 0.251. The maximum absolute atomic E-state index is 13.7. The molecule has 0 bridgehead atoms. The summed E-state index contributed by atoms with van der Waals surface area (Å²) in [5, 5.41) is 6.30. The fourth-order valence-corrected chi connectivity index (χ4v) is 2.63. The van der Waals surface area contributed by atoms with Gasteiger partial charge < -0.3 is 20.1 Å². The van der Waals surface area contributed by atoms with E-state index < -0.39 is 12.8 Å². The Labute approximate surface area is 173 Å². The normalized spacial score (nSPS) is 12.1. The summed E-state index contributed by atoms with van der Waals surface area (Å²) >= 11 is 0. The zero-order valence-electron chi connectivity index (χ0n) is 16.9. The molecule has 2 aromatic carbocycles. The van der Waals surface area contributed by atoms with Crippen molar-refractivity contribution in [1.29, 1.82) is 0 Å². The van der Waals surface area contributed by atoms with Gasteiger partial charge in [0.05, 0.1) is 13.2 Å². The first kappa shape index (κ1) is 23.6. The molecule has 0 atom stereocenters. The summed E-state index contributed by atoms with van der Waals surface area (Å²) in [6.45, 7) is -0.240. The van der Waals surface area contributed by atoms with Crippen molar-refractivity contribution in [1.82, 2.24) is 10.6 Å². The maximum Gasteiger partial charge on any atom is 0.411 e. The second kappa shape index (κ2) is 11.5. The number of hydrogen-bond acceptors (Lipinski definition) is 3. The van der Waals surface area contributed by atoms with Crippen molar-refractivity contribution < 1.29 is 27.0 Å². The van der Waals surface area contributed by atoms with Gasteiger partial charge in [-0.3, -0.25) is 4.99 Å². The Bertz CT molecular complexity index is 824. The molecular weight excluding hydrogens is 402 g/mol. The van der Waals surface area contributed by atoms with Crippen LogP contribution in [0, 0.1) is 5.82 Å². The average molecular weight is 427 g/mol. The molecule has 0 aliphatic carbocycles. The average Bonchev–Trinajstić information content (AvgIpc) is 2.70. The molecule has 5 nitrogen and oxygen atoms in total. The van der Waals surface area contributed by atoms with E-state index in [4.69, 9.17) is 4.74 Å². The summed E-state index contributed by atoms with van der Waals surface area (Å²) < 4.78 is 59.6. The number of nitrogens with one attached hydrogen (secondary N) is 2. The lowest BCUT2D eigenvalue weighted by molar-refractivity contribution is -0.176. The van der Waals surface area contributed by atoms with E-state index >= 15 is 0 Å². The van der Waals surface area contributed by atoms with E-state index in [-0.39, 0.29) is 19.0 Å². The van der Waals surface area contributed by atoms with Crippen molar-refractivity contribution in [2.45, 2.75) is 32.5 Å². The standard InChI is InChI=1S/C21H25F4N3O2/c1-26-20(28-11-17-7-8-19(22)18(9-17)13-29-2)27-10-15-3-5-16(6-4-15)12-30-14-21(23,24)25/h3-9H,10-14H2,1-2H3,(H2,26,27,28). The third-order valence-electron chi connectivity index (χ3n) is 4.11. The number of benzene rings is 2. The summed E-state index contributed by atoms with van der Waals surface area (Å²) in [6, 6.07) is 11.9. The predicted molar refractivity (Wildman–Crippen MR) is 106 cm³/mol. The molecule has 0 unspecified atom stereocenters. The van der Waals surface area contributed by atoms with Gasteiger partial charge in [0.2, 0.25) is 0 Å². The first-order valence-corrected chi connectivity index (χ1v) is 9.24. The van der Waals surface area contributed by atoms with Crippen molar-refractivity contribution in [3.63, 3.8) is 0 Å². The molecule has 0 heterocycles. The van der Waals surface area contributed by atoms with Crippen molar-refractivity contribution in [2.75, 3.05) is 20.8 Å². The molecule has 0 saturated heterocycles. The number of guanidine groups is 1. The molecule has 9 heteroatoms. The van der Waals surface area contributed by atoms with Gasteiger partial charge in [0.1, 0.15) is 12.4 Å². The monoisotopic (exact) mass is 427 g/mol. The lowest BCUT2D eigenvalue weighted by atomic mass is 10.1. The van der Waals surface area contributed by atoms with Gasteiger partial charge in [-0.1, -0.05) is 30.3 Å². The van der Waals surface area contributed by atoms with Crippen LogP contribution in [0.15, 0.2) is 47.5 Å². The molecule has 30 heavy (non-hydrogen) atoms. The fraction of sp³-hybridized carbons (Fsp3) is 0.381. The molecule has 0 fully saturated rings. The topological polar surface area (TPSA) is 54.9 Å². The smallest absolute Gasteiger partial charge is 0.380 e. The number of alkyl halides is 3. The Morgan fingerprint density at radius 1 is 0.933 bits per heavy atom. The van der Waals surface area contributed by atoms with Crippen LogP contribution >= 0.6 is 0 Å². The summed E-state index contributed by atoms with van der Waals surface area (Å²) in [5.41, 5.74) is 2.96. The highest BCUT2D eigenvalue weighted by atomic mass is 19.4. The van der Waals surface area contributed by atoms with Crippen LogP contribution in [0.1, 0.15) is 22.3 Å². The van der Waals surface area contributed by atoms with Gasteiger partial charge in [-0.25, -0.2) is 4.39 Å². The van der Waals surface area contributed by atoms with Crippen LogP contribution in [0.25, 0.3) is 0 Å². The van der Waals surface area contributed by atoms with Crippen LogP contribution in [-0.2, 0) is 35.8 Å². The maximum atomic E-state index is 13.7. The Kier molecular flexibility index (Phi) is 9.07. The zero-order valence-corrected chi connectivity index (χ0v) is 16.9. The highest BCUT2D eigenvalue weighted by Crippen LogP contribution is 2.16. The lowest BCUT2D eigenvalue weighted by Gasteiger charge is -2.13. The van der Waals surface area contributed by atoms with E-state index in [1.54, 1.807) is 31.3 Å². The SMILES string of the molecule is CN=C(NCc1ccc(COCC(F)(F)F)cc1)NCc1ccc(F)c(COC)c1. The van der Waals surface area contributed by atoms with E-state index in [1.165, 1.54) is 13.2 Å². The minimum atomic E-state index is -4.33. The first-order chi connectivity index (χ1) is 14.3. The van der Waals surface area contributed by atoms with E-state index in [9.17, 15) is 17.6 Å². The van der Waals surface area contributed by atoms with Crippen LogP contribution in [-0.4, -0.2) is 32.9 Å². The number of nitrogens with zero attached hydrogens (tertiary/aromatic N) is 1. The third-order valence-corrected chi connectivity index (χ3v) is 4.11. The first-order valence-electron chi connectivity index (χ1n) is 9.24. The third kappa shape index (κ3) is 8.38. The molecule has 0 aliphatic heterocycles. The van der Waals surface area contributed by atoms with Gasteiger partial charge >= 0.3 is 6.18 Å². The number of aliphatic imine (C=N–C) groups is 1. The van der Waals surface area contributed by atoms with Gasteiger partial charge in [0.25, 0.3) is 0 Å². The van der Waals surface area contributed by atoms with Gasteiger partial charge in [-0.15, -0.1) is 0 Å². The minimum Gasteiger partial charge on any atom is -0.380 e. The molecule has 0 aliphatic rings. The molecule has 164 valence electrons. The van der Waals surface area contributed by atoms with Crippen molar-refractivity contribution in [2.24, 2.45) is 4.99 Å². The summed E-state index contributed by atoms with van der Waals surface area (Å²) in [7, 11) is 3.15. The lowest BCUT2D eigenvalue weighted by Crippen LogP contribution is -2.36. The molecular formula is C21H25F4N3O2. The number of halogens is 4. The highest BCUT2D eigenvalue weighted by Gasteiger charge is 2.27. The number of rotatable bonds is 9. The van der Waals surface area contributed by atoms with Crippen LogP contribution in [0.5, 0.6) is 0 Å². The van der Waals surface area contributed by atoms with Crippen molar-refractivity contribution in [3.8, 4) is 0 Å². The van der Waals surface area contributed by atoms with E-state index in [0.29, 0.717) is 30.2 Å². The summed E-state index contributed by atoms with van der Waals surface area (Å²) in [6.07, 6.45) is -4.33. The molecule has 0 radical (unpaired) electrons. The van der Waals surface area contributed by atoms with Gasteiger partial charge in [-0.2, -0.15) is 13.2 Å². The van der Waals surface area contributed by atoms with Crippen molar-refractivity contribution in [3.05, 3.63) is 70.5 Å². The van der Waals surface area contributed by atoms with E-state index in [2.05, 4.69) is 20.4 Å². The molecule has 0 amide bonds. The highest BCUT2D eigenvalue weighted by molar-refractivity contribution is 5.79. The van der Waals surface area contributed by atoms with Gasteiger partial charge in [0.15, 0.2) is 5.96 Å². The second-order valence-corrected chi connectivity index (χ2v) is 6.56. The van der Waals surface area contributed by atoms with E-state index in [0.717, 1.165) is 11.1 Å². The Morgan fingerprint density at radius 3 is 2.13 bits per heavy atom.